The van der Waals surface area contributed by atoms with Crippen molar-refractivity contribution in [1.82, 2.24) is 15.3 Å². The highest BCUT2D eigenvalue weighted by molar-refractivity contribution is 5.84. The van der Waals surface area contributed by atoms with E-state index in [1.54, 1.807) is 55.7 Å². The zero-order valence-corrected chi connectivity index (χ0v) is 17.8. The third kappa shape index (κ3) is 6.93. The number of aliphatic hydroxyl groups excluding tert-OH is 2. The van der Waals surface area contributed by atoms with Crippen molar-refractivity contribution in [2.45, 2.75) is 25.6 Å². The molecule has 8 nitrogen and oxygen atoms in total. The molecule has 10 heteroatoms. The molecule has 1 heterocycles. The van der Waals surface area contributed by atoms with E-state index in [2.05, 4.69) is 25.3 Å². The summed E-state index contributed by atoms with van der Waals surface area (Å²) in [5, 5.41) is 24.5. The molecule has 174 valence electrons. The second-order valence-corrected chi connectivity index (χ2v) is 7.27. The van der Waals surface area contributed by atoms with Crippen LogP contribution < -0.4 is 15.4 Å². The average Bonchev–Trinajstić information content (AvgIpc) is 2.80. The summed E-state index contributed by atoms with van der Waals surface area (Å²) in [4.78, 5) is 20.7. The maximum atomic E-state index is 12.3. The molecular weight excluding hydrogens is 434 g/mol. The number of amides is 1. The first-order chi connectivity index (χ1) is 15.9. The molecule has 2 aromatic carbocycles. The number of aliphatic hydroxyl groups is 2. The number of halogens is 2. The van der Waals surface area contributed by atoms with Crippen LogP contribution in [0, 0.1) is 0 Å². The van der Waals surface area contributed by atoms with Gasteiger partial charge in [-0.15, -0.1) is 0 Å². The zero-order chi connectivity index (χ0) is 23.8. The lowest BCUT2D eigenvalue weighted by Gasteiger charge is -2.16. The van der Waals surface area contributed by atoms with Crippen molar-refractivity contribution in [1.29, 1.82) is 0 Å². The zero-order valence-electron chi connectivity index (χ0n) is 17.8. The van der Waals surface area contributed by atoms with Crippen LogP contribution in [0.25, 0.3) is 11.1 Å². The summed E-state index contributed by atoms with van der Waals surface area (Å²) in [6, 6.07) is 13.1. The van der Waals surface area contributed by atoms with Crippen LogP contribution in [0.4, 0.5) is 20.4 Å². The van der Waals surface area contributed by atoms with E-state index in [0.29, 0.717) is 22.8 Å². The Balaban J connectivity index is 1.62. The number of alkyl halides is 2. The molecule has 3 aromatic rings. The highest BCUT2D eigenvalue weighted by atomic mass is 19.3. The number of carbonyl (C=O) groups excluding carboxylic acids is 1. The van der Waals surface area contributed by atoms with Gasteiger partial charge >= 0.3 is 6.61 Å². The fourth-order valence-corrected chi connectivity index (χ4v) is 3.01. The second kappa shape index (κ2) is 11.3. The number of benzene rings is 2. The first kappa shape index (κ1) is 24.0. The summed E-state index contributed by atoms with van der Waals surface area (Å²) in [5.74, 6) is -0.699. The monoisotopic (exact) mass is 458 g/mol. The minimum atomic E-state index is -2.87. The summed E-state index contributed by atoms with van der Waals surface area (Å²) < 4.78 is 28.8. The molecule has 0 radical (unpaired) electrons. The molecule has 1 amide bonds. The van der Waals surface area contributed by atoms with Gasteiger partial charge in [0.2, 0.25) is 11.9 Å². The van der Waals surface area contributed by atoms with Crippen molar-refractivity contribution in [2.24, 2.45) is 0 Å². The Morgan fingerprint density at radius 3 is 2.21 bits per heavy atom. The van der Waals surface area contributed by atoms with Crippen LogP contribution >= 0.6 is 0 Å². The Labute approximate surface area is 189 Å². The van der Waals surface area contributed by atoms with E-state index in [1.807, 2.05) is 0 Å². The van der Waals surface area contributed by atoms with Crippen LogP contribution in [-0.4, -0.2) is 52.0 Å². The molecule has 0 aliphatic rings. The van der Waals surface area contributed by atoms with Crippen molar-refractivity contribution < 1.29 is 28.5 Å². The highest BCUT2D eigenvalue weighted by Gasteiger charge is 2.19. The van der Waals surface area contributed by atoms with Gasteiger partial charge in [0.15, 0.2) is 0 Å². The maximum Gasteiger partial charge on any atom is 0.387 e. The molecule has 0 unspecified atom stereocenters. The normalized spacial score (nSPS) is 12.8. The van der Waals surface area contributed by atoms with Crippen LogP contribution in [0.15, 0.2) is 60.9 Å². The number of nitrogens with zero attached hydrogens (tertiary/aromatic N) is 2. The van der Waals surface area contributed by atoms with Crippen molar-refractivity contribution >= 4 is 17.5 Å². The predicted octanol–water partition coefficient (Wildman–Crippen LogP) is 3.06. The van der Waals surface area contributed by atoms with Gasteiger partial charge < -0.3 is 25.6 Å². The molecule has 4 N–H and O–H groups in total. The van der Waals surface area contributed by atoms with Crippen molar-refractivity contribution in [3.63, 3.8) is 0 Å². The number of carbonyl (C=O) groups is 1. The summed E-state index contributed by atoms with van der Waals surface area (Å²) in [5.41, 5.74) is 2.76. The van der Waals surface area contributed by atoms with Gasteiger partial charge in [-0.05, 0) is 42.3 Å². The van der Waals surface area contributed by atoms with E-state index >= 15 is 0 Å². The largest absolute Gasteiger partial charge is 0.435 e. The van der Waals surface area contributed by atoms with Crippen LogP contribution in [0.5, 0.6) is 5.75 Å². The van der Waals surface area contributed by atoms with E-state index in [0.717, 1.165) is 5.56 Å². The summed E-state index contributed by atoms with van der Waals surface area (Å²) in [6.07, 6.45) is 2.52. The number of hydrogen-bond acceptors (Lipinski definition) is 7. The van der Waals surface area contributed by atoms with Crippen molar-refractivity contribution in [3.8, 4) is 16.9 Å². The molecule has 0 aliphatic heterocycles. The van der Waals surface area contributed by atoms with Gasteiger partial charge in [0.25, 0.3) is 0 Å². The van der Waals surface area contributed by atoms with Crippen molar-refractivity contribution in [3.05, 3.63) is 66.5 Å². The van der Waals surface area contributed by atoms with Crippen LogP contribution in [0.2, 0.25) is 0 Å². The van der Waals surface area contributed by atoms with Gasteiger partial charge in [-0.1, -0.05) is 24.3 Å². The Hall–Kier alpha value is -3.63. The van der Waals surface area contributed by atoms with E-state index < -0.39 is 18.6 Å². The molecule has 33 heavy (non-hydrogen) atoms. The maximum absolute atomic E-state index is 12.3. The average molecular weight is 458 g/mol. The first-order valence-electron chi connectivity index (χ1n) is 10.2. The topological polar surface area (TPSA) is 117 Å². The molecule has 2 atom stereocenters. The summed E-state index contributed by atoms with van der Waals surface area (Å²) in [7, 11) is 0. The SMILES string of the molecule is C[C@H](O)CNC(=O)[C@H](CO)c1ccc(Nc2ncc(-c3ccc(OC(F)F)cc3)cn2)cc1. The Kier molecular flexibility index (Phi) is 8.22. The van der Waals surface area contributed by atoms with Gasteiger partial charge in [0.1, 0.15) is 5.75 Å². The molecule has 0 fully saturated rings. The summed E-state index contributed by atoms with van der Waals surface area (Å²) in [6.45, 7) is -1.57. The minimum Gasteiger partial charge on any atom is -0.435 e. The lowest BCUT2D eigenvalue weighted by Crippen LogP contribution is -2.35. The van der Waals surface area contributed by atoms with E-state index in [9.17, 15) is 23.8 Å². The van der Waals surface area contributed by atoms with Gasteiger partial charge in [-0.2, -0.15) is 8.78 Å². The predicted molar refractivity (Wildman–Crippen MR) is 118 cm³/mol. The van der Waals surface area contributed by atoms with Crippen LogP contribution in [-0.2, 0) is 4.79 Å². The molecule has 0 aliphatic carbocycles. The standard InChI is InChI=1S/C23H24F2N4O4/c1-14(31)10-26-21(32)20(13-30)16-2-6-18(7-3-16)29-23-27-11-17(12-28-23)15-4-8-19(9-5-15)33-22(24)25/h2-9,11-12,14,20,22,30-31H,10,13H2,1H3,(H,26,32)(H,27,28,29)/t14-,20+/m0/s1. The van der Waals surface area contributed by atoms with Gasteiger partial charge in [0, 0.05) is 30.2 Å². The van der Waals surface area contributed by atoms with Gasteiger partial charge in [-0.3, -0.25) is 4.79 Å². The number of nitrogens with one attached hydrogen (secondary N) is 2. The second-order valence-electron chi connectivity index (χ2n) is 7.27. The molecule has 0 saturated heterocycles. The molecule has 3 rings (SSSR count). The van der Waals surface area contributed by atoms with Crippen LogP contribution in [0.1, 0.15) is 18.4 Å². The molecule has 0 saturated carbocycles. The fourth-order valence-electron chi connectivity index (χ4n) is 3.01. The Morgan fingerprint density at radius 1 is 1.03 bits per heavy atom. The number of hydrogen-bond donors (Lipinski definition) is 4. The number of aromatic nitrogens is 2. The Bertz CT molecular complexity index is 1030. The van der Waals surface area contributed by atoms with Crippen molar-refractivity contribution in [2.75, 3.05) is 18.5 Å². The number of rotatable bonds is 10. The van der Waals surface area contributed by atoms with E-state index in [1.165, 1.54) is 12.1 Å². The third-order valence-electron chi connectivity index (χ3n) is 4.70. The molecule has 1 aromatic heterocycles. The number of anilines is 2. The smallest absolute Gasteiger partial charge is 0.387 e. The van der Waals surface area contributed by atoms with Gasteiger partial charge in [-0.25, -0.2) is 9.97 Å². The molecule has 0 spiro atoms. The fraction of sp³-hybridized carbons (Fsp3) is 0.261. The van der Waals surface area contributed by atoms with E-state index in [-0.39, 0.29) is 24.8 Å². The van der Waals surface area contributed by atoms with Crippen LogP contribution in [0.3, 0.4) is 0 Å². The lowest BCUT2D eigenvalue weighted by molar-refractivity contribution is -0.123. The summed E-state index contributed by atoms with van der Waals surface area (Å²) >= 11 is 0. The minimum absolute atomic E-state index is 0.0697. The van der Waals surface area contributed by atoms with Gasteiger partial charge in [0.05, 0.1) is 18.6 Å². The highest BCUT2D eigenvalue weighted by Crippen LogP contribution is 2.24. The quantitative estimate of drug-likeness (QED) is 0.369. The number of ether oxygens (including phenoxy) is 1. The first-order valence-corrected chi connectivity index (χ1v) is 10.2. The third-order valence-corrected chi connectivity index (χ3v) is 4.70. The molecule has 0 bridgehead atoms. The molecular formula is C23H24F2N4O4. The Morgan fingerprint density at radius 2 is 1.67 bits per heavy atom. The van der Waals surface area contributed by atoms with E-state index in [4.69, 9.17) is 0 Å². The lowest BCUT2D eigenvalue weighted by atomic mass is 9.98.